The predicted octanol–water partition coefficient (Wildman–Crippen LogP) is 5.59. The van der Waals surface area contributed by atoms with Crippen LogP contribution >= 0.6 is 0 Å². The van der Waals surface area contributed by atoms with E-state index in [0.717, 1.165) is 25.8 Å². The largest absolute Gasteiger partial charge is 0.335 e. The first-order valence-corrected chi connectivity index (χ1v) is 9.42. The van der Waals surface area contributed by atoms with Gasteiger partial charge >= 0.3 is 0 Å². The van der Waals surface area contributed by atoms with Crippen LogP contribution in [0.4, 0.5) is 0 Å². The van der Waals surface area contributed by atoms with Gasteiger partial charge < -0.3 is 4.57 Å². The molecule has 0 fully saturated rings. The van der Waals surface area contributed by atoms with Crippen LogP contribution in [-0.2, 0) is 25.8 Å². The van der Waals surface area contributed by atoms with Gasteiger partial charge in [-0.2, -0.15) is 0 Å². The fourth-order valence-corrected chi connectivity index (χ4v) is 3.01. The third kappa shape index (κ3) is 6.21. The number of unbranched alkanes of at least 4 members (excludes halogenated alkanes) is 3. The molecule has 0 N–H and O–H groups in total. The number of rotatable bonds is 11. The average Bonchev–Trinajstić information content (AvgIpc) is 2.96. The normalized spacial score (nSPS) is 11.0. The van der Waals surface area contributed by atoms with Crippen LogP contribution in [-0.4, -0.2) is 9.55 Å². The highest BCUT2D eigenvalue weighted by atomic mass is 15.1. The topological polar surface area (TPSA) is 17.8 Å². The number of aromatic nitrogens is 2. The van der Waals surface area contributed by atoms with Crippen LogP contribution in [0.25, 0.3) is 0 Å². The Labute approximate surface area is 142 Å². The molecule has 0 amide bonds. The van der Waals surface area contributed by atoms with Gasteiger partial charge in [-0.15, -0.1) is 0 Å². The van der Waals surface area contributed by atoms with Gasteiger partial charge in [-0.3, -0.25) is 0 Å². The molecular formula is C21H32N2. The van der Waals surface area contributed by atoms with Crippen LogP contribution in [0, 0.1) is 0 Å². The Balaban J connectivity index is 1.89. The van der Waals surface area contributed by atoms with Crippen molar-refractivity contribution in [2.24, 2.45) is 0 Å². The summed E-state index contributed by atoms with van der Waals surface area (Å²) in [5.74, 6) is 1.31. The fraction of sp³-hybridized carbons (Fsp3) is 0.571. The van der Waals surface area contributed by atoms with Gasteiger partial charge in [-0.25, -0.2) is 4.98 Å². The summed E-state index contributed by atoms with van der Waals surface area (Å²) in [6.07, 6.45) is 13.2. The Bertz CT molecular complexity index is 542. The highest BCUT2D eigenvalue weighted by Crippen LogP contribution is 2.13. The van der Waals surface area contributed by atoms with Crippen LogP contribution in [0.5, 0.6) is 0 Å². The van der Waals surface area contributed by atoms with Crippen molar-refractivity contribution in [3.05, 3.63) is 53.6 Å². The monoisotopic (exact) mass is 312 g/mol. The van der Waals surface area contributed by atoms with Gasteiger partial charge in [0.05, 0.1) is 5.69 Å². The van der Waals surface area contributed by atoms with Crippen molar-refractivity contribution in [3.8, 4) is 0 Å². The zero-order chi connectivity index (χ0) is 16.3. The Kier molecular flexibility index (Phi) is 7.92. The second-order valence-electron chi connectivity index (χ2n) is 6.49. The molecule has 2 nitrogen and oxygen atoms in total. The predicted molar refractivity (Wildman–Crippen MR) is 98.8 cm³/mol. The summed E-state index contributed by atoms with van der Waals surface area (Å²) in [4.78, 5) is 4.93. The smallest absolute Gasteiger partial charge is 0.108 e. The highest BCUT2D eigenvalue weighted by molar-refractivity contribution is 5.15. The number of aryl methyl sites for hydroxylation is 4. The Morgan fingerprint density at radius 3 is 2.35 bits per heavy atom. The van der Waals surface area contributed by atoms with Gasteiger partial charge in [-0.1, -0.05) is 63.4 Å². The van der Waals surface area contributed by atoms with Crippen molar-refractivity contribution in [2.75, 3.05) is 0 Å². The summed E-state index contributed by atoms with van der Waals surface area (Å²) in [6, 6.07) is 10.8. The molecule has 1 heterocycles. The number of hydrogen-bond donors (Lipinski definition) is 0. The van der Waals surface area contributed by atoms with Gasteiger partial charge in [0.2, 0.25) is 0 Å². The highest BCUT2D eigenvalue weighted by Gasteiger charge is 2.07. The maximum absolute atomic E-state index is 4.93. The fourth-order valence-electron chi connectivity index (χ4n) is 3.01. The molecule has 2 aromatic rings. The van der Waals surface area contributed by atoms with E-state index < -0.39 is 0 Å². The lowest BCUT2D eigenvalue weighted by Crippen LogP contribution is -2.03. The van der Waals surface area contributed by atoms with Crippen LogP contribution in [0.2, 0.25) is 0 Å². The molecule has 0 saturated carbocycles. The molecule has 2 rings (SSSR count). The molecule has 0 radical (unpaired) electrons. The first kappa shape index (κ1) is 17.8. The number of nitrogens with zero attached hydrogens (tertiary/aromatic N) is 2. The molecule has 126 valence electrons. The second kappa shape index (κ2) is 10.3. The van der Waals surface area contributed by atoms with Gasteiger partial charge in [0.25, 0.3) is 0 Å². The molecular weight excluding hydrogens is 280 g/mol. The van der Waals surface area contributed by atoms with Gasteiger partial charge in [-0.05, 0) is 37.7 Å². The molecule has 0 aliphatic rings. The third-order valence-corrected chi connectivity index (χ3v) is 4.41. The van der Waals surface area contributed by atoms with Crippen molar-refractivity contribution in [1.29, 1.82) is 0 Å². The third-order valence-electron chi connectivity index (χ3n) is 4.41. The zero-order valence-corrected chi connectivity index (χ0v) is 14.9. The minimum atomic E-state index is 1.09. The van der Waals surface area contributed by atoms with E-state index >= 15 is 0 Å². The minimum Gasteiger partial charge on any atom is -0.335 e. The molecule has 1 aromatic carbocycles. The van der Waals surface area contributed by atoms with E-state index in [9.17, 15) is 0 Å². The molecule has 0 spiro atoms. The Morgan fingerprint density at radius 1 is 0.826 bits per heavy atom. The van der Waals surface area contributed by atoms with Crippen molar-refractivity contribution in [3.63, 3.8) is 0 Å². The second-order valence-corrected chi connectivity index (χ2v) is 6.49. The van der Waals surface area contributed by atoms with E-state index in [4.69, 9.17) is 4.98 Å². The van der Waals surface area contributed by atoms with Crippen LogP contribution < -0.4 is 0 Å². The summed E-state index contributed by atoms with van der Waals surface area (Å²) < 4.78 is 2.41. The van der Waals surface area contributed by atoms with E-state index in [1.54, 1.807) is 0 Å². The summed E-state index contributed by atoms with van der Waals surface area (Å²) in [5, 5.41) is 0. The maximum Gasteiger partial charge on any atom is 0.108 e. The van der Waals surface area contributed by atoms with Gasteiger partial charge in [0.15, 0.2) is 0 Å². The molecule has 0 bridgehead atoms. The first-order valence-electron chi connectivity index (χ1n) is 9.42. The lowest BCUT2D eigenvalue weighted by molar-refractivity contribution is 0.585. The van der Waals surface area contributed by atoms with Crippen LogP contribution in [0.3, 0.4) is 0 Å². The minimum absolute atomic E-state index is 1.09. The van der Waals surface area contributed by atoms with Gasteiger partial charge in [0, 0.05) is 19.2 Å². The van der Waals surface area contributed by atoms with Crippen LogP contribution in [0.15, 0.2) is 36.5 Å². The Hall–Kier alpha value is -1.57. The summed E-state index contributed by atoms with van der Waals surface area (Å²) in [6.45, 7) is 5.65. The molecule has 2 heteroatoms. The summed E-state index contributed by atoms with van der Waals surface area (Å²) >= 11 is 0. The average molecular weight is 313 g/mol. The van der Waals surface area contributed by atoms with Crippen molar-refractivity contribution in [1.82, 2.24) is 9.55 Å². The molecule has 0 atom stereocenters. The number of benzene rings is 1. The van der Waals surface area contributed by atoms with Crippen molar-refractivity contribution < 1.29 is 0 Å². The van der Waals surface area contributed by atoms with E-state index in [2.05, 4.69) is 54.9 Å². The van der Waals surface area contributed by atoms with E-state index in [0.29, 0.717) is 0 Å². The quantitative estimate of drug-likeness (QED) is 0.494. The summed E-state index contributed by atoms with van der Waals surface area (Å²) in [7, 11) is 0. The SMILES string of the molecule is CCCCCc1nc(CCCc2ccccc2)cn1CCCC. The zero-order valence-electron chi connectivity index (χ0n) is 14.9. The first-order chi connectivity index (χ1) is 11.3. The van der Waals surface area contributed by atoms with Crippen molar-refractivity contribution in [2.45, 2.75) is 78.2 Å². The molecule has 0 unspecified atom stereocenters. The molecule has 23 heavy (non-hydrogen) atoms. The van der Waals surface area contributed by atoms with Crippen LogP contribution in [0.1, 0.15) is 69.5 Å². The molecule has 0 aliphatic heterocycles. The van der Waals surface area contributed by atoms with E-state index in [1.807, 2.05) is 0 Å². The molecule has 1 aromatic heterocycles. The number of imidazole rings is 1. The standard InChI is InChI=1S/C21H32N2/c1-3-5-8-16-21-22-20(18-23(21)17-6-4-2)15-11-14-19-12-9-7-10-13-19/h7,9-10,12-13,18H,3-6,8,11,14-17H2,1-2H3. The maximum atomic E-state index is 4.93. The molecule has 0 aliphatic carbocycles. The lowest BCUT2D eigenvalue weighted by atomic mass is 10.1. The molecule has 0 saturated heterocycles. The summed E-state index contributed by atoms with van der Waals surface area (Å²) in [5.41, 5.74) is 2.71. The number of hydrogen-bond acceptors (Lipinski definition) is 1. The van der Waals surface area contributed by atoms with E-state index in [-0.39, 0.29) is 0 Å². The lowest BCUT2D eigenvalue weighted by Gasteiger charge is -2.06. The van der Waals surface area contributed by atoms with Crippen molar-refractivity contribution >= 4 is 0 Å². The van der Waals surface area contributed by atoms with Gasteiger partial charge in [0.1, 0.15) is 5.82 Å². The van der Waals surface area contributed by atoms with E-state index in [1.165, 1.54) is 55.6 Å². The Morgan fingerprint density at radius 2 is 1.61 bits per heavy atom.